The van der Waals surface area contributed by atoms with Crippen LogP contribution < -0.4 is 0 Å². The molecule has 1 unspecified atom stereocenters. The third-order valence-electron chi connectivity index (χ3n) is 4.35. The summed E-state index contributed by atoms with van der Waals surface area (Å²) in [7, 11) is 0. The van der Waals surface area contributed by atoms with Gasteiger partial charge in [-0.2, -0.15) is 0 Å². The molecule has 108 valence electrons. The molecule has 1 heterocycles. The van der Waals surface area contributed by atoms with E-state index >= 15 is 0 Å². The summed E-state index contributed by atoms with van der Waals surface area (Å²) < 4.78 is 0. The van der Waals surface area contributed by atoms with E-state index in [1.807, 2.05) is 0 Å². The van der Waals surface area contributed by atoms with Gasteiger partial charge in [0.1, 0.15) is 6.10 Å². The second kappa shape index (κ2) is 5.71. The Morgan fingerprint density at radius 3 is 2.20 bits per heavy atom. The van der Waals surface area contributed by atoms with Crippen LogP contribution in [0.2, 0.25) is 0 Å². The first kappa shape index (κ1) is 15.3. The Kier molecular flexibility index (Phi) is 4.36. The Morgan fingerprint density at radius 1 is 1.15 bits per heavy atom. The Labute approximate surface area is 126 Å². The van der Waals surface area contributed by atoms with Crippen molar-refractivity contribution in [2.45, 2.75) is 52.6 Å². The van der Waals surface area contributed by atoms with E-state index in [0.717, 1.165) is 16.9 Å². The Bertz CT molecular complexity index is 558. The third kappa shape index (κ3) is 2.97. The van der Waals surface area contributed by atoms with Gasteiger partial charge in [-0.3, -0.25) is 0 Å². The van der Waals surface area contributed by atoms with Crippen LogP contribution in [0.15, 0.2) is 30.3 Å². The summed E-state index contributed by atoms with van der Waals surface area (Å²) in [4.78, 5) is 2.31. The van der Waals surface area contributed by atoms with Crippen LogP contribution in [-0.4, -0.2) is 5.11 Å². The van der Waals surface area contributed by atoms with Crippen LogP contribution in [0.3, 0.4) is 0 Å². The Hall–Kier alpha value is -1.12. The Balaban J connectivity index is 2.26. The van der Waals surface area contributed by atoms with Crippen molar-refractivity contribution in [3.8, 4) is 0 Å². The van der Waals surface area contributed by atoms with Gasteiger partial charge < -0.3 is 5.11 Å². The van der Waals surface area contributed by atoms with Gasteiger partial charge >= 0.3 is 0 Å². The van der Waals surface area contributed by atoms with Gasteiger partial charge in [-0.1, -0.05) is 45.0 Å². The molecule has 0 amide bonds. The molecule has 0 saturated carbocycles. The molecule has 0 bridgehead atoms. The zero-order valence-corrected chi connectivity index (χ0v) is 13.8. The first-order valence-electron chi connectivity index (χ1n) is 7.20. The van der Waals surface area contributed by atoms with Crippen molar-refractivity contribution in [2.24, 2.45) is 0 Å². The van der Waals surface area contributed by atoms with Crippen molar-refractivity contribution in [3.63, 3.8) is 0 Å². The molecule has 2 heteroatoms. The molecule has 1 atom stereocenters. The van der Waals surface area contributed by atoms with Crippen molar-refractivity contribution in [2.75, 3.05) is 0 Å². The summed E-state index contributed by atoms with van der Waals surface area (Å²) in [6.45, 7) is 10.9. The smallest absolute Gasteiger partial charge is 0.113 e. The van der Waals surface area contributed by atoms with Crippen LogP contribution in [0.5, 0.6) is 0 Å². The number of benzene rings is 1. The summed E-state index contributed by atoms with van der Waals surface area (Å²) in [6, 6.07) is 10.5. The lowest BCUT2D eigenvalue weighted by Crippen LogP contribution is -2.15. The fourth-order valence-corrected chi connectivity index (χ4v) is 3.28. The second-order valence-electron chi connectivity index (χ2n) is 6.15. The Morgan fingerprint density at radius 2 is 1.75 bits per heavy atom. The van der Waals surface area contributed by atoms with Gasteiger partial charge in [0.05, 0.1) is 0 Å². The highest BCUT2D eigenvalue weighted by atomic mass is 32.1. The number of aliphatic hydroxyl groups is 1. The van der Waals surface area contributed by atoms with Gasteiger partial charge in [-0.05, 0) is 48.4 Å². The molecule has 2 aromatic rings. The maximum atomic E-state index is 10.5. The molecule has 0 fully saturated rings. The predicted molar refractivity (Wildman–Crippen MR) is 87.6 cm³/mol. The van der Waals surface area contributed by atoms with Crippen LogP contribution in [0, 0.1) is 13.8 Å². The highest BCUT2D eigenvalue weighted by Gasteiger charge is 2.19. The minimum Gasteiger partial charge on any atom is -0.383 e. The van der Waals surface area contributed by atoms with E-state index in [1.165, 1.54) is 16.0 Å². The van der Waals surface area contributed by atoms with Gasteiger partial charge in [0, 0.05) is 9.75 Å². The lowest BCUT2D eigenvalue weighted by atomic mass is 9.82. The van der Waals surface area contributed by atoms with Gasteiger partial charge in [0.25, 0.3) is 0 Å². The van der Waals surface area contributed by atoms with E-state index in [4.69, 9.17) is 0 Å². The molecular formula is C18H24OS. The maximum absolute atomic E-state index is 10.5. The van der Waals surface area contributed by atoms with Crippen LogP contribution >= 0.6 is 11.3 Å². The maximum Gasteiger partial charge on any atom is 0.113 e. The standard InChI is InChI=1S/C18H24OS/c1-6-18(4,5)15-9-7-14(8-10-15)17(19)16-11-12(2)13(3)20-16/h7-11,17,19H,6H2,1-5H3. The minimum atomic E-state index is -0.508. The van der Waals surface area contributed by atoms with Crippen molar-refractivity contribution < 1.29 is 5.11 Å². The first-order chi connectivity index (χ1) is 9.35. The van der Waals surface area contributed by atoms with E-state index in [1.54, 1.807) is 11.3 Å². The average Bonchev–Trinajstić information content (AvgIpc) is 2.78. The number of hydrogen-bond donors (Lipinski definition) is 1. The molecule has 1 N–H and O–H groups in total. The normalized spacial score (nSPS) is 13.5. The fourth-order valence-electron chi connectivity index (χ4n) is 2.22. The molecule has 20 heavy (non-hydrogen) atoms. The van der Waals surface area contributed by atoms with E-state index < -0.39 is 6.10 Å². The largest absolute Gasteiger partial charge is 0.383 e. The predicted octanol–water partition coefficient (Wildman–Crippen LogP) is 5.13. The van der Waals surface area contributed by atoms with Crippen LogP contribution in [0.4, 0.5) is 0 Å². The van der Waals surface area contributed by atoms with Crippen LogP contribution in [0.1, 0.15) is 59.7 Å². The van der Waals surface area contributed by atoms with E-state index in [-0.39, 0.29) is 5.41 Å². The number of aliphatic hydroxyl groups excluding tert-OH is 1. The minimum absolute atomic E-state index is 0.194. The number of hydrogen-bond acceptors (Lipinski definition) is 2. The van der Waals surface area contributed by atoms with Crippen molar-refractivity contribution in [1.82, 2.24) is 0 Å². The van der Waals surface area contributed by atoms with Crippen molar-refractivity contribution in [3.05, 3.63) is 56.8 Å². The van der Waals surface area contributed by atoms with E-state index in [0.29, 0.717) is 0 Å². The SMILES string of the molecule is CCC(C)(C)c1ccc(C(O)c2cc(C)c(C)s2)cc1. The zero-order valence-electron chi connectivity index (χ0n) is 13.0. The molecule has 0 saturated heterocycles. The molecule has 1 aromatic heterocycles. The molecule has 2 rings (SSSR count). The average molecular weight is 288 g/mol. The monoisotopic (exact) mass is 288 g/mol. The molecule has 0 radical (unpaired) electrons. The molecular weight excluding hydrogens is 264 g/mol. The number of rotatable bonds is 4. The first-order valence-corrected chi connectivity index (χ1v) is 8.02. The van der Waals surface area contributed by atoms with Gasteiger partial charge in [0.15, 0.2) is 0 Å². The van der Waals surface area contributed by atoms with Gasteiger partial charge in [-0.25, -0.2) is 0 Å². The quantitative estimate of drug-likeness (QED) is 0.826. The summed E-state index contributed by atoms with van der Waals surface area (Å²) in [5, 5.41) is 10.5. The zero-order chi connectivity index (χ0) is 14.9. The molecule has 0 aliphatic carbocycles. The summed E-state index contributed by atoms with van der Waals surface area (Å²) in [5.41, 5.74) is 3.75. The number of aryl methyl sites for hydroxylation is 2. The molecule has 0 aliphatic heterocycles. The third-order valence-corrected chi connectivity index (χ3v) is 5.55. The second-order valence-corrected chi connectivity index (χ2v) is 7.44. The van der Waals surface area contributed by atoms with Gasteiger partial charge in [-0.15, -0.1) is 11.3 Å². The van der Waals surface area contributed by atoms with Crippen LogP contribution in [-0.2, 0) is 5.41 Å². The van der Waals surface area contributed by atoms with Crippen molar-refractivity contribution >= 4 is 11.3 Å². The van der Waals surface area contributed by atoms with E-state index in [2.05, 4.69) is 65.0 Å². The summed E-state index contributed by atoms with van der Waals surface area (Å²) >= 11 is 1.68. The van der Waals surface area contributed by atoms with Crippen molar-refractivity contribution in [1.29, 1.82) is 0 Å². The van der Waals surface area contributed by atoms with Crippen LogP contribution in [0.25, 0.3) is 0 Å². The fraction of sp³-hybridized carbons (Fsp3) is 0.444. The lowest BCUT2D eigenvalue weighted by molar-refractivity contribution is 0.224. The lowest BCUT2D eigenvalue weighted by Gasteiger charge is -2.23. The molecule has 1 nitrogen and oxygen atoms in total. The topological polar surface area (TPSA) is 20.2 Å². The molecule has 0 spiro atoms. The highest BCUT2D eigenvalue weighted by molar-refractivity contribution is 7.12. The molecule has 0 aliphatic rings. The number of thiophene rings is 1. The summed E-state index contributed by atoms with van der Waals surface area (Å²) in [5.74, 6) is 0. The molecule has 1 aromatic carbocycles. The summed E-state index contributed by atoms with van der Waals surface area (Å²) in [6.07, 6.45) is 0.601. The highest BCUT2D eigenvalue weighted by Crippen LogP contribution is 2.32. The van der Waals surface area contributed by atoms with Gasteiger partial charge in [0.2, 0.25) is 0 Å². The van der Waals surface area contributed by atoms with E-state index in [9.17, 15) is 5.11 Å².